The summed E-state index contributed by atoms with van der Waals surface area (Å²) in [6.45, 7) is 5.31. The molecule has 4 atom stereocenters. The number of esters is 7. The molecule has 0 saturated carbocycles. The fourth-order valence-electron chi connectivity index (χ4n) is 4.30. The topological polar surface area (TPSA) is 193 Å². The van der Waals surface area contributed by atoms with Crippen LogP contribution in [0.1, 0.15) is 47.1 Å². The van der Waals surface area contributed by atoms with E-state index >= 15 is 0 Å². The maximum absolute atomic E-state index is 13.7. The molecular formula is C24H24O15. The van der Waals surface area contributed by atoms with Gasteiger partial charge in [-0.05, 0) is 0 Å². The zero-order valence-electron chi connectivity index (χ0n) is 21.6. The quantitative estimate of drug-likeness (QED) is 0.244. The van der Waals surface area contributed by atoms with E-state index in [9.17, 15) is 33.6 Å². The van der Waals surface area contributed by atoms with Crippen LogP contribution in [0.2, 0.25) is 0 Å². The van der Waals surface area contributed by atoms with Gasteiger partial charge >= 0.3 is 53.2 Å². The maximum Gasteiger partial charge on any atom is 0.365 e. The van der Waals surface area contributed by atoms with E-state index in [1.165, 1.54) is 0 Å². The highest BCUT2D eigenvalue weighted by Gasteiger charge is 2.83. The molecule has 0 aromatic heterocycles. The molecule has 15 nitrogen and oxygen atoms in total. The van der Waals surface area contributed by atoms with Gasteiger partial charge in [0.05, 0.1) is 0 Å². The van der Waals surface area contributed by atoms with Gasteiger partial charge in [0.25, 0.3) is 0 Å². The Bertz CT molecular complexity index is 1270. The molecule has 0 N–H and O–H groups in total. The van der Waals surface area contributed by atoms with Crippen molar-refractivity contribution in [3.63, 3.8) is 0 Å². The van der Waals surface area contributed by atoms with Crippen molar-refractivity contribution in [1.82, 2.24) is 0 Å². The molecule has 1 aromatic carbocycles. The molecule has 1 saturated heterocycles. The smallest absolute Gasteiger partial charge is 0.365 e. The molecule has 210 valence electrons. The lowest BCUT2D eigenvalue weighted by Crippen LogP contribution is -2.63. The molecule has 1 fully saturated rings. The SMILES string of the molecule is CC(=O)OC[C@H](OC(C)=O)[C@H]1OC(=O)[C@]2(OC(C)=O)c3c(OC(C)=O)cc(OC(C)=O)cc3O[C@]12OC(C)=O. The monoisotopic (exact) mass is 552 g/mol. The molecule has 0 bridgehead atoms. The summed E-state index contributed by atoms with van der Waals surface area (Å²) in [7, 11) is 0. The van der Waals surface area contributed by atoms with Crippen LogP contribution in [0.4, 0.5) is 0 Å². The average Bonchev–Trinajstić information content (AvgIpc) is 3.14. The van der Waals surface area contributed by atoms with E-state index in [-0.39, 0.29) is 11.5 Å². The molecule has 3 rings (SSSR count). The number of rotatable bonds is 8. The Balaban J connectivity index is 2.37. The van der Waals surface area contributed by atoms with Crippen LogP contribution in [0.15, 0.2) is 12.1 Å². The van der Waals surface area contributed by atoms with Crippen molar-refractivity contribution in [1.29, 1.82) is 0 Å². The van der Waals surface area contributed by atoms with Crippen LogP contribution in [-0.4, -0.2) is 66.4 Å². The van der Waals surface area contributed by atoms with Gasteiger partial charge in [0.15, 0.2) is 6.10 Å². The minimum absolute atomic E-state index is 0.227. The van der Waals surface area contributed by atoms with Gasteiger partial charge in [-0.2, -0.15) is 0 Å². The third-order valence-electron chi connectivity index (χ3n) is 5.25. The van der Waals surface area contributed by atoms with Crippen LogP contribution >= 0.6 is 0 Å². The lowest BCUT2D eigenvalue weighted by molar-refractivity contribution is -0.272. The predicted octanol–water partition coefficient (Wildman–Crippen LogP) is 0.368. The van der Waals surface area contributed by atoms with Gasteiger partial charge in [0.2, 0.25) is 6.10 Å². The van der Waals surface area contributed by atoms with E-state index in [0.29, 0.717) is 0 Å². The molecule has 0 unspecified atom stereocenters. The summed E-state index contributed by atoms with van der Waals surface area (Å²) in [6.07, 6.45) is -3.57. The molecule has 1 aromatic rings. The van der Waals surface area contributed by atoms with Crippen molar-refractivity contribution in [2.75, 3.05) is 6.61 Å². The van der Waals surface area contributed by atoms with Gasteiger partial charge in [-0.25, -0.2) is 4.79 Å². The van der Waals surface area contributed by atoms with Crippen LogP contribution in [0, 0.1) is 0 Å². The number of fused-ring (bicyclic) bond motifs is 3. The van der Waals surface area contributed by atoms with Crippen LogP contribution in [0.5, 0.6) is 17.2 Å². The van der Waals surface area contributed by atoms with Crippen LogP contribution in [0.3, 0.4) is 0 Å². The maximum atomic E-state index is 13.7. The standard InChI is InChI=1S/C24H24O15/c1-10(25)32-9-19(35-13(4)28)21-24(38-15(6)30)23(22(31)36-21,37-14(5)29)20-17(34-12(3)27)7-16(33-11(2)26)8-18(20)39-24/h7-8,19,21H,9H2,1-6H3/t19-,21+,23+,24+/m0/s1. The van der Waals surface area contributed by atoms with Gasteiger partial charge in [-0.15, -0.1) is 0 Å². The Labute approximate surface area is 220 Å². The van der Waals surface area contributed by atoms with E-state index in [2.05, 4.69) is 0 Å². The molecule has 0 radical (unpaired) electrons. The van der Waals surface area contributed by atoms with Crippen LogP contribution < -0.4 is 14.2 Å². The minimum Gasteiger partial charge on any atom is -0.462 e. The Hall–Kier alpha value is -4.69. The minimum atomic E-state index is -2.79. The number of hydrogen-bond donors (Lipinski definition) is 0. The second-order valence-electron chi connectivity index (χ2n) is 8.40. The largest absolute Gasteiger partial charge is 0.462 e. The fraction of sp³-hybridized carbons (Fsp3) is 0.458. The third-order valence-corrected chi connectivity index (χ3v) is 5.25. The summed E-state index contributed by atoms with van der Waals surface area (Å²) in [6, 6.07) is 2.11. The van der Waals surface area contributed by atoms with Gasteiger partial charge < -0.3 is 37.9 Å². The molecule has 0 aliphatic carbocycles. The number of carbonyl (C=O) groups is 7. The average molecular weight is 552 g/mol. The van der Waals surface area contributed by atoms with Gasteiger partial charge in [-0.3, -0.25) is 28.8 Å². The molecule has 15 heteroatoms. The third kappa shape index (κ3) is 5.32. The van der Waals surface area contributed by atoms with E-state index in [1.807, 2.05) is 0 Å². The zero-order chi connectivity index (χ0) is 29.3. The van der Waals surface area contributed by atoms with Crippen molar-refractivity contribution < 1.29 is 71.5 Å². The highest BCUT2D eigenvalue weighted by atomic mass is 16.8. The fourth-order valence-corrected chi connectivity index (χ4v) is 4.30. The first kappa shape index (κ1) is 28.9. The molecule has 2 aliphatic heterocycles. The van der Waals surface area contributed by atoms with Gasteiger partial charge in [0, 0.05) is 53.7 Å². The highest BCUT2D eigenvalue weighted by molar-refractivity contribution is 5.93. The van der Waals surface area contributed by atoms with Crippen molar-refractivity contribution in [2.24, 2.45) is 0 Å². The Morgan fingerprint density at radius 3 is 1.95 bits per heavy atom. The highest BCUT2D eigenvalue weighted by Crippen LogP contribution is 2.61. The number of carbonyl (C=O) groups excluding carboxylic acids is 7. The number of hydrogen-bond acceptors (Lipinski definition) is 15. The number of ether oxygens (including phenoxy) is 8. The zero-order valence-corrected chi connectivity index (χ0v) is 21.6. The first-order valence-corrected chi connectivity index (χ1v) is 11.3. The second-order valence-corrected chi connectivity index (χ2v) is 8.40. The molecule has 2 heterocycles. The van der Waals surface area contributed by atoms with Crippen molar-refractivity contribution in [3.8, 4) is 17.2 Å². The normalized spacial score (nSPS) is 23.1. The van der Waals surface area contributed by atoms with Crippen molar-refractivity contribution in [2.45, 2.75) is 65.1 Å². The number of cyclic esters (lactones) is 1. The Morgan fingerprint density at radius 2 is 1.44 bits per heavy atom. The Morgan fingerprint density at radius 1 is 0.821 bits per heavy atom. The van der Waals surface area contributed by atoms with E-state index in [1.54, 1.807) is 0 Å². The van der Waals surface area contributed by atoms with Crippen LogP contribution in [-0.2, 0) is 62.8 Å². The number of benzene rings is 1. The van der Waals surface area contributed by atoms with E-state index < -0.39 is 83.3 Å². The summed E-state index contributed by atoms with van der Waals surface area (Å²) in [4.78, 5) is 85.4. The molecule has 2 aliphatic rings. The van der Waals surface area contributed by atoms with E-state index in [4.69, 9.17) is 37.9 Å². The molecular weight excluding hydrogens is 528 g/mol. The molecule has 0 amide bonds. The first-order valence-electron chi connectivity index (χ1n) is 11.3. The second kappa shape index (κ2) is 10.6. The predicted molar refractivity (Wildman–Crippen MR) is 120 cm³/mol. The lowest BCUT2D eigenvalue weighted by atomic mass is 9.84. The van der Waals surface area contributed by atoms with Gasteiger partial charge in [0.1, 0.15) is 29.4 Å². The molecule has 39 heavy (non-hydrogen) atoms. The van der Waals surface area contributed by atoms with Crippen LogP contribution in [0.25, 0.3) is 0 Å². The summed E-state index contributed by atoms with van der Waals surface area (Å²) >= 11 is 0. The lowest BCUT2D eigenvalue weighted by Gasteiger charge is -2.37. The molecule has 0 spiro atoms. The van der Waals surface area contributed by atoms with Crippen molar-refractivity contribution >= 4 is 41.8 Å². The summed E-state index contributed by atoms with van der Waals surface area (Å²) in [5, 5.41) is 0. The summed E-state index contributed by atoms with van der Waals surface area (Å²) in [5.74, 6) is -10.8. The Kier molecular flexibility index (Phi) is 7.84. The van der Waals surface area contributed by atoms with Gasteiger partial charge in [-0.1, -0.05) is 0 Å². The summed E-state index contributed by atoms with van der Waals surface area (Å²) < 4.78 is 42.8. The van der Waals surface area contributed by atoms with Crippen molar-refractivity contribution in [3.05, 3.63) is 17.7 Å². The summed E-state index contributed by atoms with van der Waals surface area (Å²) in [5.41, 5.74) is -3.23. The van der Waals surface area contributed by atoms with E-state index in [0.717, 1.165) is 53.7 Å². The first-order chi connectivity index (χ1) is 18.1.